The van der Waals surface area contributed by atoms with E-state index in [1.165, 1.54) is 0 Å². The predicted molar refractivity (Wildman–Crippen MR) is 74.9 cm³/mol. The smallest absolute Gasteiger partial charge is 0.238 e. The first kappa shape index (κ1) is 14.8. The van der Waals surface area contributed by atoms with E-state index in [2.05, 4.69) is 24.1 Å². The van der Waals surface area contributed by atoms with Crippen LogP contribution in [0.1, 0.15) is 39.5 Å². The number of nitrogens with zero attached hydrogens (tertiary/aromatic N) is 1. The monoisotopic (exact) mass is 269 g/mol. The molecule has 2 rings (SSSR count). The molecule has 3 N–H and O–H groups in total. The minimum absolute atomic E-state index is 0.183. The molecule has 1 amide bonds. The van der Waals surface area contributed by atoms with Crippen LogP contribution in [0.25, 0.3) is 0 Å². The van der Waals surface area contributed by atoms with Gasteiger partial charge in [0.05, 0.1) is 5.60 Å². The van der Waals surface area contributed by atoms with Gasteiger partial charge in [-0.1, -0.05) is 6.92 Å². The van der Waals surface area contributed by atoms with Crippen molar-refractivity contribution in [2.75, 3.05) is 32.8 Å². The lowest BCUT2D eigenvalue weighted by Crippen LogP contribution is -2.64. The van der Waals surface area contributed by atoms with E-state index in [4.69, 9.17) is 10.5 Å². The number of hydrogen-bond donors (Lipinski definition) is 2. The predicted octanol–water partition coefficient (Wildman–Crippen LogP) is 0.485. The van der Waals surface area contributed by atoms with Crippen LogP contribution in [0, 0.1) is 0 Å². The highest BCUT2D eigenvalue weighted by molar-refractivity contribution is 5.85. The summed E-state index contributed by atoms with van der Waals surface area (Å²) in [5.74, 6) is -0.183. The molecule has 0 aromatic carbocycles. The van der Waals surface area contributed by atoms with Crippen molar-refractivity contribution in [3.05, 3.63) is 0 Å². The molecule has 0 saturated carbocycles. The number of primary amides is 1. The molecule has 0 radical (unpaired) electrons. The Kier molecular flexibility index (Phi) is 4.48. The number of carbonyl (C=O) groups is 1. The van der Waals surface area contributed by atoms with Gasteiger partial charge in [-0.15, -0.1) is 0 Å². The molecule has 0 spiro atoms. The van der Waals surface area contributed by atoms with E-state index < -0.39 is 5.54 Å². The summed E-state index contributed by atoms with van der Waals surface area (Å²) < 4.78 is 5.89. The normalized spacial score (nSPS) is 37.8. The summed E-state index contributed by atoms with van der Waals surface area (Å²) in [6.07, 6.45) is 3.41. The standard InChI is InChI=1S/C14H27N3O2/c1-3-13(2)11-14(12(15)18,5-10-19-13)17-8-4-6-16-7-9-17/h16H,3-11H2,1-2H3,(H2,15,18). The van der Waals surface area contributed by atoms with Crippen LogP contribution in [0.3, 0.4) is 0 Å². The highest BCUT2D eigenvalue weighted by atomic mass is 16.5. The molecular weight excluding hydrogens is 242 g/mol. The molecule has 5 heteroatoms. The Morgan fingerprint density at radius 3 is 2.89 bits per heavy atom. The van der Waals surface area contributed by atoms with Gasteiger partial charge in [0.1, 0.15) is 5.54 Å². The Balaban J connectivity index is 2.23. The second kappa shape index (κ2) is 5.77. The lowest BCUT2D eigenvalue weighted by atomic mass is 9.77. The molecular formula is C14H27N3O2. The zero-order valence-electron chi connectivity index (χ0n) is 12.2. The van der Waals surface area contributed by atoms with Crippen LogP contribution >= 0.6 is 0 Å². The van der Waals surface area contributed by atoms with E-state index in [1.54, 1.807) is 0 Å². The Morgan fingerprint density at radius 1 is 1.42 bits per heavy atom. The van der Waals surface area contributed by atoms with Crippen molar-refractivity contribution in [2.45, 2.75) is 50.7 Å². The number of nitrogens with two attached hydrogens (primary N) is 1. The molecule has 2 saturated heterocycles. The average molecular weight is 269 g/mol. The van der Waals surface area contributed by atoms with E-state index >= 15 is 0 Å². The number of hydrogen-bond acceptors (Lipinski definition) is 4. The van der Waals surface area contributed by atoms with Gasteiger partial charge in [0.25, 0.3) is 0 Å². The van der Waals surface area contributed by atoms with Gasteiger partial charge in [0.2, 0.25) is 5.91 Å². The van der Waals surface area contributed by atoms with Crippen molar-refractivity contribution >= 4 is 5.91 Å². The van der Waals surface area contributed by atoms with Crippen molar-refractivity contribution in [2.24, 2.45) is 5.73 Å². The quantitative estimate of drug-likeness (QED) is 0.782. The molecule has 19 heavy (non-hydrogen) atoms. The summed E-state index contributed by atoms with van der Waals surface area (Å²) in [5.41, 5.74) is 5.06. The van der Waals surface area contributed by atoms with Crippen molar-refractivity contribution < 1.29 is 9.53 Å². The first-order chi connectivity index (χ1) is 9.02. The first-order valence-electron chi connectivity index (χ1n) is 7.42. The van der Waals surface area contributed by atoms with Crippen LogP contribution in [0.5, 0.6) is 0 Å². The fourth-order valence-corrected chi connectivity index (χ4v) is 3.36. The molecule has 5 nitrogen and oxygen atoms in total. The molecule has 0 aromatic heterocycles. The summed E-state index contributed by atoms with van der Waals surface area (Å²) in [4.78, 5) is 14.5. The zero-order valence-corrected chi connectivity index (χ0v) is 12.2. The lowest BCUT2D eigenvalue weighted by Gasteiger charge is -2.49. The molecule has 2 fully saturated rings. The highest BCUT2D eigenvalue weighted by Gasteiger charge is 2.50. The second-order valence-corrected chi connectivity index (χ2v) is 6.07. The largest absolute Gasteiger partial charge is 0.375 e. The van der Waals surface area contributed by atoms with Gasteiger partial charge in [-0.05, 0) is 32.7 Å². The van der Waals surface area contributed by atoms with E-state index in [9.17, 15) is 4.79 Å². The fourth-order valence-electron chi connectivity index (χ4n) is 3.36. The van der Waals surface area contributed by atoms with Gasteiger partial charge in [-0.3, -0.25) is 9.69 Å². The molecule has 110 valence electrons. The fraction of sp³-hybridized carbons (Fsp3) is 0.929. The average Bonchev–Trinajstić information content (AvgIpc) is 2.67. The molecule has 0 aliphatic carbocycles. The number of carbonyl (C=O) groups excluding carboxylic acids is 1. The maximum atomic E-state index is 12.2. The van der Waals surface area contributed by atoms with Gasteiger partial charge in [0, 0.05) is 32.7 Å². The molecule has 2 atom stereocenters. The van der Waals surface area contributed by atoms with Crippen LogP contribution in [0.2, 0.25) is 0 Å². The molecule has 2 aliphatic heterocycles. The maximum absolute atomic E-state index is 12.2. The SMILES string of the molecule is CCC1(C)CC(C(N)=O)(N2CCCNCC2)CCO1. The summed E-state index contributed by atoms with van der Waals surface area (Å²) in [6, 6.07) is 0. The highest BCUT2D eigenvalue weighted by Crippen LogP contribution is 2.38. The minimum Gasteiger partial charge on any atom is -0.375 e. The molecule has 2 heterocycles. The van der Waals surface area contributed by atoms with Gasteiger partial charge in [-0.25, -0.2) is 0 Å². The van der Waals surface area contributed by atoms with Gasteiger partial charge >= 0.3 is 0 Å². The van der Waals surface area contributed by atoms with Crippen LogP contribution in [0.15, 0.2) is 0 Å². The second-order valence-electron chi connectivity index (χ2n) is 6.07. The van der Waals surface area contributed by atoms with E-state index in [0.717, 1.165) is 45.4 Å². The number of nitrogens with one attached hydrogen (secondary N) is 1. The Morgan fingerprint density at radius 2 is 2.21 bits per heavy atom. The molecule has 2 aliphatic rings. The summed E-state index contributed by atoms with van der Waals surface area (Å²) in [5, 5.41) is 3.38. The maximum Gasteiger partial charge on any atom is 0.238 e. The number of ether oxygens (including phenoxy) is 1. The van der Waals surface area contributed by atoms with Crippen molar-refractivity contribution in [1.29, 1.82) is 0 Å². The Labute approximate surface area is 115 Å². The van der Waals surface area contributed by atoms with E-state index in [0.29, 0.717) is 13.0 Å². The number of amides is 1. The summed E-state index contributed by atoms with van der Waals surface area (Å²) in [7, 11) is 0. The van der Waals surface area contributed by atoms with Crippen LogP contribution in [-0.2, 0) is 9.53 Å². The Hall–Kier alpha value is -0.650. The summed E-state index contributed by atoms with van der Waals surface area (Å²) in [6.45, 7) is 8.61. The first-order valence-corrected chi connectivity index (χ1v) is 7.42. The zero-order chi connectivity index (χ0) is 13.9. The molecule has 0 bridgehead atoms. The lowest BCUT2D eigenvalue weighted by molar-refractivity contribution is -0.157. The van der Waals surface area contributed by atoms with Crippen LogP contribution in [-0.4, -0.2) is 54.7 Å². The third-order valence-corrected chi connectivity index (χ3v) is 4.78. The van der Waals surface area contributed by atoms with Crippen molar-refractivity contribution in [3.63, 3.8) is 0 Å². The van der Waals surface area contributed by atoms with Crippen LogP contribution < -0.4 is 11.1 Å². The minimum atomic E-state index is -0.519. The van der Waals surface area contributed by atoms with Crippen molar-refractivity contribution in [3.8, 4) is 0 Å². The third kappa shape index (κ3) is 2.93. The van der Waals surface area contributed by atoms with Gasteiger partial charge in [-0.2, -0.15) is 0 Å². The summed E-state index contributed by atoms with van der Waals surface area (Å²) >= 11 is 0. The van der Waals surface area contributed by atoms with Gasteiger partial charge < -0.3 is 15.8 Å². The Bertz CT molecular complexity index is 329. The molecule has 2 unspecified atom stereocenters. The third-order valence-electron chi connectivity index (χ3n) is 4.78. The number of rotatable bonds is 3. The van der Waals surface area contributed by atoms with E-state index in [-0.39, 0.29) is 11.5 Å². The van der Waals surface area contributed by atoms with E-state index in [1.807, 2.05) is 0 Å². The van der Waals surface area contributed by atoms with Gasteiger partial charge in [0.15, 0.2) is 0 Å². The van der Waals surface area contributed by atoms with Crippen molar-refractivity contribution in [1.82, 2.24) is 10.2 Å². The topological polar surface area (TPSA) is 67.6 Å². The van der Waals surface area contributed by atoms with Crippen LogP contribution in [0.4, 0.5) is 0 Å². The molecule has 0 aromatic rings.